The number of anilines is 1. The van der Waals surface area contributed by atoms with Crippen LogP contribution in [-0.4, -0.2) is 31.8 Å². The van der Waals surface area contributed by atoms with Crippen molar-refractivity contribution in [3.63, 3.8) is 0 Å². The van der Waals surface area contributed by atoms with Crippen LogP contribution in [-0.2, 0) is 16.1 Å². The molecule has 1 heterocycles. The zero-order valence-electron chi connectivity index (χ0n) is 15.3. The zero-order valence-corrected chi connectivity index (χ0v) is 15.3. The molecule has 0 spiro atoms. The maximum Gasteiger partial charge on any atom is 0.270 e. The molecule has 0 aliphatic carbocycles. The van der Waals surface area contributed by atoms with Crippen molar-refractivity contribution in [1.82, 2.24) is 0 Å². The molecule has 0 fully saturated rings. The van der Waals surface area contributed by atoms with Gasteiger partial charge in [0.25, 0.3) is 5.69 Å². The van der Waals surface area contributed by atoms with Crippen LogP contribution in [0.5, 0.6) is 17.2 Å². The molecule has 0 atom stereocenters. The third-order valence-electron chi connectivity index (χ3n) is 4.01. The van der Waals surface area contributed by atoms with Gasteiger partial charge in [0, 0.05) is 35.4 Å². The number of hydrogen-bond acceptors (Lipinski definition) is 7. The summed E-state index contributed by atoms with van der Waals surface area (Å²) in [5.74, 6) is 1.04. The molecule has 1 aliphatic rings. The third-order valence-corrected chi connectivity index (χ3v) is 4.01. The monoisotopic (exact) mass is 386 g/mol. The van der Waals surface area contributed by atoms with Gasteiger partial charge in [-0.2, -0.15) is 0 Å². The molecule has 9 nitrogen and oxygen atoms in total. The Hall–Kier alpha value is -3.59. The molecule has 0 bridgehead atoms. The van der Waals surface area contributed by atoms with E-state index in [0.29, 0.717) is 34.1 Å². The van der Waals surface area contributed by atoms with Gasteiger partial charge in [0.2, 0.25) is 5.91 Å². The highest BCUT2D eigenvalue weighted by atomic mass is 16.7. The highest BCUT2D eigenvalue weighted by Gasteiger charge is 2.20. The molecule has 2 aromatic carbocycles. The number of rotatable bonds is 6. The van der Waals surface area contributed by atoms with Crippen molar-refractivity contribution in [1.29, 1.82) is 0 Å². The van der Waals surface area contributed by atoms with Gasteiger partial charge in [-0.15, -0.1) is 0 Å². The van der Waals surface area contributed by atoms with E-state index in [0.717, 1.165) is 0 Å². The number of carbonyl (C=O) groups excluding carboxylic acids is 1. The Morgan fingerprint density at radius 1 is 1.25 bits per heavy atom. The summed E-state index contributed by atoms with van der Waals surface area (Å²) in [5, 5.41) is 13.8. The van der Waals surface area contributed by atoms with E-state index in [1.807, 2.05) is 0 Å². The predicted molar refractivity (Wildman–Crippen MR) is 101 cm³/mol. The highest BCUT2D eigenvalue weighted by molar-refractivity contribution is 6.03. The minimum absolute atomic E-state index is 0.0405. The number of hydrogen-bond donors (Lipinski definition) is 1. The van der Waals surface area contributed by atoms with E-state index < -0.39 is 10.8 Å². The van der Waals surface area contributed by atoms with Crippen molar-refractivity contribution in [3.05, 3.63) is 57.6 Å². The zero-order chi connectivity index (χ0) is 20.1. The van der Waals surface area contributed by atoms with Gasteiger partial charge in [-0.05, 0) is 18.2 Å². The van der Waals surface area contributed by atoms with Crippen molar-refractivity contribution in [3.8, 4) is 17.2 Å². The van der Waals surface area contributed by atoms with Crippen molar-refractivity contribution >= 4 is 23.4 Å². The quantitative estimate of drug-likeness (QED) is 0.461. The predicted octanol–water partition coefficient (Wildman–Crippen LogP) is 3.13. The lowest BCUT2D eigenvalue weighted by Crippen LogP contribution is -2.13. The first-order chi connectivity index (χ1) is 13.5. The van der Waals surface area contributed by atoms with Crippen molar-refractivity contribution in [2.45, 2.75) is 6.61 Å². The first-order valence-corrected chi connectivity index (χ1v) is 8.24. The van der Waals surface area contributed by atoms with Crippen LogP contribution >= 0.6 is 0 Å². The molecule has 146 valence electrons. The number of nitrogens with zero attached hydrogens (tertiary/aromatic N) is 1. The minimum Gasteiger partial charge on any atom is -0.497 e. The lowest BCUT2D eigenvalue weighted by molar-refractivity contribution is -0.385. The molecule has 28 heavy (non-hydrogen) atoms. The molecule has 1 aliphatic heterocycles. The Kier molecular flexibility index (Phi) is 5.75. The standard InChI is InChI=1S/C19H18N2O7/c1-25-15-4-5-17(26-2)16(9-15)20-18(22)6-3-12-7-14(21(23)24)8-13-10-27-11-28-19(12)13/h3-9H,10-11H2,1-2H3,(H,20,22). The molecule has 0 saturated carbocycles. The molecule has 1 N–H and O–H groups in total. The number of amides is 1. The van der Waals surface area contributed by atoms with Gasteiger partial charge in [-0.1, -0.05) is 0 Å². The second-order valence-corrected chi connectivity index (χ2v) is 5.78. The number of fused-ring (bicyclic) bond motifs is 1. The molecule has 0 unspecified atom stereocenters. The van der Waals surface area contributed by atoms with Crippen LogP contribution in [0.2, 0.25) is 0 Å². The number of carbonyl (C=O) groups is 1. The molecule has 1 amide bonds. The fraction of sp³-hybridized carbons (Fsp3) is 0.211. The number of non-ortho nitro benzene ring substituents is 1. The third kappa shape index (κ3) is 4.21. The van der Waals surface area contributed by atoms with E-state index >= 15 is 0 Å². The molecule has 0 radical (unpaired) electrons. The van der Waals surface area contributed by atoms with E-state index in [9.17, 15) is 14.9 Å². The lowest BCUT2D eigenvalue weighted by Gasteiger charge is -2.19. The summed E-state index contributed by atoms with van der Waals surface area (Å²) in [5.41, 5.74) is 1.29. The molecular formula is C19H18N2O7. The van der Waals surface area contributed by atoms with Crippen LogP contribution in [0.15, 0.2) is 36.4 Å². The average Bonchev–Trinajstić information content (AvgIpc) is 2.71. The smallest absolute Gasteiger partial charge is 0.270 e. The normalized spacial score (nSPS) is 12.8. The van der Waals surface area contributed by atoms with E-state index in [1.54, 1.807) is 18.2 Å². The Morgan fingerprint density at radius 2 is 2.07 bits per heavy atom. The number of ether oxygens (including phenoxy) is 4. The summed E-state index contributed by atoms with van der Waals surface area (Å²) in [6.45, 7) is 0.240. The summed E-state index contributed by atoms with van der Waals surface area (Å²) in [7, 11) is 3.00. The topological polar surface area (TPSA) is 109 Å². The number of nitro benzene ring substituents is 1. The molecule has 0 aromatic heterocycles. The van der Waals surface area contributed by atoms with Crippen molar-refractivity contribution in [2.75, 3.05) is 26.3 Å². The van der Waals surface area contributed by atoms with E-state index in [-0.39, 0.29) is 19.1 Å². The molecule has 3 rings (SSSR count). The molecule has 9 heteroatoms. The fourth-order valence-corrected chi connectivity index (χ4v) is 2.71. The number of benzene rings is 2. The van der Waals surface area contributed by atoms with Gasteiger partial charge >= 0.3 is 0 Å². The number of nitro groups is 1. The van der Waals surface area contributed by atoms with Gasteiger partial charge < -0.3 is 24.3 Å². The minimum atomic E-state index is -0.507. The van der Waals surface area contributed by atoms with E-state index in [2.05, 4.69) is 5.32 Å². The first kappa shape index (κ1) is 19.2. The Labute approximate surface area is 160 Å². The maximum atomic E-state index is 12.3. The van der Waals surface area contributed by atoms with Crippen LogP contribution in [0.25, 0.3) is 6.08 Å². The van der Waals surface area contributed by atoms with Crippen LogP contribution < -0.4 is 19.5 Å². The molecule has 0 saturated heterocycles. The van der Waals surface area contributed by atoms with Crippen LogP contribution in [0.4, 0.5) is 11.4 Å². The van der Waals surface area contributed by atoms with Crippen LogP contribution in [0.1, 0.15) is 11.1 Å². The van der Waals surface area contributed by atoms with Gasteiger partial charge in [-0.25, -0.2) is 0 Å². The van der Waals surface area contributed by atoms with Crippen LogP contribution in [0.3, 0.4) is 0 Å². The second-order valence-electron chi connectivity index (χ2n) is 5.78. The van der Waals surface area contributed by atoms with Gasteiger partial charge in [0.15, 0.2) is 6.79 Å². The second kappa shape index (κ2) is 8.40. The van der Waals surface area contributed by atoms with Gasteiger partial charge in [0.1, 0.15) is 17.2 Å². The lowest BCUT2D eigenvalue weighted by atomic mass is 10.1. The fourth-order valence-electron chi connectivity index (χ4n) is 2.71. The summed E-state index contributed by atoms with van der Waals surface area (Å²) in [6.07, 6.45) is 2.72. The largest absolute Gasteiger partial charge is 0.497 e. The molecule has 2 aromatic rings. The number of methoxy groups -OCH3 is 2. The van der Waals surface area contributed by atoms with Crippen molar-refractivity contribution < 1.29 is 28.7 Å². The van der Waals surface area contributed by atoms with Gasteiger partial charge in [0.05, 0.1) is 31.4 Å². The Bertz CT molecular complexity index is 940. The summed E-state index contributed by atoms with van der Waals surface area (Å²) < 4.78 is 21.0. The van der Waals surface area contributed by atoms with Gasteiger partial charge in [-0.3, -0.25) is 14.9 Å². The highest BCUT2D eigenvalue weighted by Crippen LogP contribution is 2.33. The summed E-state index contributed by atoms with van der Waals surface area (Å²) in [6, 6.07) is 7.75. The Balaban J connectivity index is 1.85. The van der Waals surface area contributed by atoms with Crippen molar-refractivity contribution in [2.24, 2.45) is 0 Å². The first-order valence-electron chi connectivity index (χ1n) is 8.24. The average molecular weight is 386 g/mol. The summed E-state index contributed by atoms with van der Waals surface area (Å²) >= 11 is 0. The maximum absolute atomic E-state index is 12.3. The number of nitrogens with one attached hydrogen (secondary N) is 1. The van der Waals surface area contributed by atoms with E-state index in [1.165, 1.54) is 38.5 Å². The van der Waals surface area contributed by atoms with Crippen LogP contribution in [0, 0.1) is 10.1 Å². The Morgan fingerprint density at radius 3 is 2.79 bits per heavy atom. The molecular weight excluding hydrogens is 368 g/mol. The van der Waals surface area contributed by atoms with E-state index in [4.69, 9.17) is 18.9 Å². The SMILES string of the molecule is COc1ccc(OC)c(NC(=O)C=Cc2cc([N+](=O)[O-])cc3c2OCOC3)c1. The summed E-state index contributed by atoms with van der Waals surface area (Å²) in [4.78, 5) is 23.0.